The molecule has 0 amide bonds. The van der Waals surface area contributed by atoms with E-state index >= 15 is 0 Å². The van der Waals surface area contributed by atoms with Gasteiger partial charge in [-0.3, -0.25) is 4.90 Å². The van der Waals surface area contributed by atoms with Gasteiger partial charge in [0.15, 0.2) is 9.84 Å². The fourth-order valence-electron chi connectivity index (χ4n) is 2.89. The van der Waals surface area contributed by atoms with E-state index < -0.39 is 9.84 Å². The van der Waals surface area contributed by atoms with Crippen LogP contribution in [-0.4, -0.2) is 82.1 Å². The third-order valence-corrected chi connectivity index (χ3v) is 5.40. The fourth-order valence-corrected chi connectivity index (χ4v) is 4.63. The van der Waals surface area contributed by atoms with E-state index in [0.717, 1.165) is 32.6 Å². The van der Waals surface area contributed by atoms with E-state index in [1.807, 2.05) is 0 Å². The number of rotatable bonds is 3. The van der Waals surface area contributed by atoms with Crippen LogP contribution in [0.2, 0.25) is 0 Å². The minimum Gasteiger partial charge on any atom is -0.314 e. The first-order chi connectivity index (χ1) is 7.98. The van der Waals surface area contributed by atoms with Gasteiger partial charge in [-0.2, -0.15) is 0 Å². The number of hydrogen-bond donors (Lipinski definition) is 1. The lowest BCUT2D eigenvalue weighted by molar-refractivity contribution is 0.0970. The van der Waals surface area contributed by atoms with Crippen LogP contribution in [0.15, 0.2) is 0 Å². The molecule has 2 rings (SSSR count). The van der Waals surface area contributed by atoms with Gasteiger partial charge >= 0.3 is 0 Å². The molecule has 0 radical (unpaired) electrons. The normalized spacial score (nSPS) is 34.3. The predicted octanol–water partition coefficient (Wildman–Crippen LogP) is -0.991. The quantitative estimate of drug-likeness (QED) is 0.707. The maximum absolute atomic E-state index is 11.6. The van der Waals surface area contributed by atoms with Crippen molar-refractivity contribution in [1.82, 2.24) is 15.1 Å². The first-order valence-electron chi connectivity index (χ1n) is 6.29. The van der Waals surface area contributed by atoms with Crippen molar-refractivity contribution in [2.24, 2.45) is 0 Å². The van der Waals surface area contributed by atoms with Gasteiger partial charge in [0.1, 0.15) is 0 Å². The molecule has 0 aliphatic carbocycles. The summed E-state index contributed by atoms with van der Waals surface area (Å²) in [6.07, 6.45) is 0.812. The third-order valence-electron chi connectivity index (χ3n) is 3.65. The maximum atomic E-state index is 11.6. The number of nitrogens with one attached hydrogen (secondary N) is 1. The molecule has 0 bridgehead atoms. The molecule has 2 saturated heterocycles. The Balaban J connectivity index is 2.01. The molecule has 100 valence electrons. The molecule has 2 atom stereocenters. The summed E-state index contributed by atoms with van der Waals surface area (Å²) in [5, 5.41) is 3.40. The highest BCUT2D eigenvalue weighted by Crippen LogP contribution is 2.21. The molecule has 2 heterocycles. The lowest BCUT2D eigenvalue weighted by Gasteiger charge is -2.40. The van der Waals surface area contributed by atoms with Crippen molar-refractivity contribution in [3.63, 3.8) is 0 Å². The number of likely N-dealkylation sites (N-methyl/N-ethyl adjacent to an activating group) is 1. The number of nitrogens with zero attached hydrogens (tertiary/aromatic N) is 2. The Labute approximate surface area is 104 Å². The third kappa shape index (κ3) is 3.40. The van der Waals surface area contributed by atoms with Crippen molar-refractivity contribution in [2.75, 3.05) is 51.8 Å². The summed E-state index contributed by atoms with van der Waals surface area (Å²) in [5.41, 5.74) is 0. The monoisotopic (exact) mass is 261 g/mol. The second kappa shape index (κ2) is 5.22. The molecule has 5 nitrogen and oxygen atoms in total. The standard InChI is InChI=1S/C11H23N3O2S/c1-13(2)8-11-7-12-4-5-14(11)10-3-6-17(15,16)9-10/h10-12H,3-9H2,1-2H3. The predicted molar refractivity (Wildman–Crippen MR) is 69.0 cm³/mol. The van der Waals surface area contributed by atoms with Crippen molar-refractivity contribution in [2.45, 2.75) is 18.5 Å². The number of hydrogen-bond acceptors (Lipinski definition) is 5. The zero-order valence-corrected chi connectivity index (χ0v) is 11.5. The van der Waals surface area contributed by atoms with Crippen LogP contribution < -0.4 is 5.32 Å². The second-order valence-corrected chi connectivity index (χ2v) is 7.64. The smallest absolute Gasteiger partial charge is 0.151 e. The summed E-state index contributed by atoms with van der Waals surface area (Å²) >= 11 is 0. The van der Waals surface area contributed by atoms with Crippen LogP contribution in [-0.2, 0) is 9.84 Å². The molecule has 2 unspecified atom stereocenters. The molecule has 17 heavy (non-hydrogen) atoms. The van der Waals surface area contributed by atoms with Crippen molar-refractivity contribution < 1.29 is 8.42 Å². The van der Waals surface area contributed by atoms with Crippen molar-refractivity contribution in [3.05, 3.63) is 0 Å². The zero-order chi connectivity index (χ0) is 12.5. The van der Waals surface area contributed by atoms with Gasteiger partial charge in [0.05, 0.1) is 11.5 Å². The highest BCUT2D eigenvalue weighted by molar-refractivity contribution is 7.91. The van der Waals surface area contributed by atoms with Crippen LogP contribution in [0.3, 0.4) is 0 Å². The molecular weight excluding hydrogens is 238 g/mol. The Morgan fingerprint density at radius 3 is 2.76 bits per heavy atom. The minimum atomic E-state index is -2.77. The van der Waals surface area contributed by atoms with Crippen LogP contribution in [0.4, 0.5) is 0 Å². The fraction of sp³-hybridized carbons (Fsp3) is 1.00. The topological polar surface area (TPSA) is 52.6 Å². The second-order valence-electron chi connectivity index (χ2n) is 5.41. The molecular formula is C11H23N3O2S. The minimum absolute atomic E-state index is 0.243. The summed E-state index contributed by atoms with van der Waals surface area (Å²) in [4.78, 5) is 4.58. The van der Waals surface area contributed by atoms with Gasteiger partial charge in [0, 0.05) is 38.3 Å². The number of sulfone groups is 1. The Morgan fingerprint density at radius 1 is 1.41 bits per heavy atom. The van der Waals surface area contributed by atoms with Crippen LogP contribution in [0.25, 0.3) is 0 Å². The van der Waals surface area contributed by atoms with Gasteiger partial charge in [0.25, 0.3) is 0 Å². The molecule has 0 spiro atoms. The van der Waals surface area contributed by atoms with Gasteiger partial charge in [-0.1, -0.05) is 0 Å². The summed E-state index contributed by atoms with van der Waals surface area (Å²) in [6, 6.07) is 0.684. The summed E-state index contributed by atoms with van der Waals surface area (Å²) < 4.78 is 23.1. The Morgan fingerprint density at radius 2 is 2.18 bits per heavy atom. The van der Waals surface area contributed by atoms with Crippen LogP contribution in [0, 0.1) is 0 Å². The number of piperazine rings is 1. The van der Waals surface area contributed by atoms with Gasteiger partial charge in [-0.15, -0.1) is 0 Å². The molecule has 1 N–H and O–H groups in total. The van der Waals surface area contributed by atoms with Gasteiger partial charge < -0.3 is 10.2 Å². The molecule has 0 aromatic rings. The molecule has 2 aliphatic heterocycles. The molecule has 0 saturated carbocycles. The zero-order valence-electron chi connectivity index (χ0n) is 10.7. The average Bonchev–Trinajstić information content (AvgIpc) is 2.59. The first kappa shape index (κ1) is 13.3. The van der Waals surface area contributed by atoms with E-state index in [1.165, 1.54) is 0 Å². The highest BCUT2D eigenvalue weighted by atomic mass is 32.2. The van der Waals surface area contributed by atoms with E-state index in [1.54, 1.807) is 0 Å². The lowest BCUT2D eigenvalue weighted by atomic mass is 10.1. The summed E-state index contributed by atoms with van der Waals surface area (Å²) in [6.45, 7) is 3.90. The SMILES string of the molecule is CN(C)CC1CNCCN1C1CCS(=O)(=O)C1. The van der Waals surface area contributed by atoms with E-state index in [2.05, 4.69) is 29.2 Å². The molecule has 6 heteroatoms. The van der Waals surface area contributed by atoms with Gasteiger partial charge in [-0.25, -0.2) is 8.42 Å². The van der Waals surface area contributed by atoms with E-state index in [4.69, 9.17) is 0 Å². The highest BCUT2D eigenvalue weighted by Gasteiger charge is 2.36. The Bertz CT molecular complexity index is 356. The average molecular weight is 261 g/mol. The molecule has 0 aromatic heterocycles. The summed E-state index contributed by atoms with van der Waals surface area (Å²) in [5.74, 6) is 0.729. The van der Waals surface area contributed by atoms with Gasteiger partial charge in [0.2, 0.25) is 0 Å². The Hall–Kier alpha value is -0.170. The Kier molecular flexibility index (Phi) is 4.07. The maximum Gasteiger partial charge on any atom is 0.151 e. The van der Waals surface area contributed by atoms with Crippen molar-refractivity contribution >= 4 is 9.84 Å². The summed E-state index contributed by atoms with van der Waals surface area (Å²) in [7, 11) is 1.36. The molecule has 0 aromatic carbocycles. The van der Waals surface area contributed by atoms with Gasteiger partial charge in [-0.05, 0) is 20.5 Å². The van der Waals surface area contributed by atoms with E-state index in [9.17, 15) is 8.42 Å². The van der Waals surface area contributed by atoms with Crippen molar-refractivity contribution in [1.29, 1.82) is 0 Å². The van der Waals surface area contributed by atoms with Crippen LogP contribution in [0.1, 0.15) is 6.42 Å². The first-order valence-corrected chi connectivity index (χ1v) is 8.12. The van der Waals surface area contributed by atoms with Crippen LogP contribution in [0.5, 0.6) is 0 Å². The van der Waals surface area contributed by atoms with Crippen molar-refractivity contribution in [3.8, 4) is 0 Å². The molecule has 2 aliphatic rings. The van der Waals surface area contributed by atoms with E-state index in [0.29, 0.717) is 17.5 Å². The van der Waals surface area contributed by atoms with E-state index in [-0.39, 0.29) is 6.04 Å². The molecule has 2 fully saturated rings. The lowest BCUT2D eigenvalue weighted by Crippen LogP contribution is -2.58. The van der Waals surface area contributed by atoms with Crippen LogP contribution >= 0.6 is 0 Å². The largest absolute Gasteiger partial charge is 0.314 e.